The summed E-state index contributed by atoms with van der Waals surface area (Å²) in [6.07, 6.45) is 2.82. The highest BCUT2D eigenvalue weighted by Gasteiger charge is 2.30. The standard InChI is InChI=1S/C12H12ClN3O5/c13-11-9(3-8(4-14-11)16(20)21)12(19)15(6-10(17)18)5-7-1-2-7/h3-4,7H,1-2,5-6H2,(H,17,18). The zero-order valence-corrected chi connectivity index (χ0v) is 11.6. The van der Waals surface area contributed by atoms with Gasteiger partial charge < -0.3 is 10.0 Å². The molecule has 2 rings (SSSR count). The van der Waals surface area contributed by atoms with Crippen molar-refractivity contribution < 1.29 is 19.6 Å². The van der Waals surface area contributed by atoms with Crippen molar-refractivity contribution in [2.45, 2.75) is 12.8 Å². The Morgan fingerprint density at radius 2 is 2.19 bits per heavy atom. The number of carbonyl (C=O) groups excluding carboxylic acids is 1. The van der Waals surface area contributed by atoms with Gasteiger partial charge in [-0.1, -0.05) is 11.6 Å². The van der Waals surface area contributed by atoms with Gasteiger partial charge in [0.15, 0.2) is 0 Å². The van der Waals surface area contributed by atoms with Crippen LogP contribution in [0.2, 0.25) is 5.15 Å². The fourth-order valence-corrected chi connectivity index (χ4v) is 2.04. The Bertz CT molecular complexity index is 603. The molecule has 0 aromatic carbocycles. The minimum atomic E-state index is -1.15. The van der Waals surface area contributed by atoms with Crippen LogP contribution in [0.5, 0.6) is 0 Å². The van der Waals surface area contributed by atoms with Crippen molar-refractivity contribution in [3.63, 3.8) is 0 Å². The lowest BCUT2D eigenvalue weighted by Crippen LogP contribution is -2.37. The van der Waals surface area contributed by atoms with Gasteiger partial charge in [-0.15, -0.1) is 0 Å². The number of pyridine rings is 1. The topological polar surface area (TPSA) is 114 Å². The zero-order valence-electron chi connectivity index (χ0n) is 10.9. The van der Waals surface area contributed by atoms with Crippen molar-refractivity contribution in [2.24, 2.45) is 5.92 Å². The van der Waals surface area contributed by atoms with Gasteiger partial charge in [-0.3, -0.25) is 19.7 Å². The summed E-state index contributed by atoms with van der Waals surface area (Å²) in [4.78, 5) is 38.0. The smallest absolute Gasteiger partial charge is 0.323 e. The molecule has 1 aliphatic carbocycles. The first kappa shape index (κ1) is 15.2. The largest absolute Gasteiger partial charge is 0.480 e. The van der Waals surface area contributed by atoms with E-state index in [2.05, 4.69) is 4.98 Å². The van der Waals surface area contributed by atoms with E-state index < -0.39 is 23.3 Å². The van der Waals surface area contributed by atoms with Crippen LogP contribution in [0.4, 0.5) is 5.69 Å². The highest BCUT2D eigenvalue weighted by molar-refractivity contribution is 6.32. The SMILES string of the molecule is O=C(O)CN(CC1CC1)C(=O)c1cc([N+](=O)[O-])cnc1Cl. The second kappa shape index (κ2) is 6.04. The third-order valence-corrected chi connectivity index (χ3v) is 3.36. The molecule has 0 saturated heterocycles. The quantitative estimate of drug-likeness (QED) is 0.484. The van der Waals surface area contributed by atoms with Crippen LogP contribution in [0.3, 0.4) is 0 Å². The summed E-state index contributed by atoms with van der Waals surface area (Å²) in [5.41, 5.74) is -0.530. The fourth-order valence-electron chi connectivity index (χ4n) is 1.85. The van der Waals surface area contributed by atoms with E-state index in [1.807, 2.05) is 0 Å². The Kier molecular flexibility index (Phi) is 4.37. The maximum absolute atomic E-state index is 12.4. The molecule has 21 heavy (non-hydrogen) atoms. The number of aromatic nitrogens is 1. The number of carbonyl (C=O) groups is 2. The minimum absolute atomic E-state index is 0.159. The number of amides is 1. The Morgan fingerprint density at radius 1 is 1.52 bits per heavy atom. The van der Waals surface area contributed by atoms with Gasteiger partial charge in [-0.25, -0.2) is 4.98 Å². The van der Waals surface area contributed by atoms with Gasteiger partial charge in [0.25, 0.3) is 11.6 Å². The number of hydrogen-bond donors (Lipinski definition) is 1. The number of hydrogen-bond acceptors (Lipinski definition) is 5. The fraction of sp³-hybridized carbons (Fsp3) is 0.417. The molecule has 0 atom stereocenters. The predicted octanol–water partition coefficient (Wildman–Crippen LogP) is 1.58. The van der Waals surface area contributed by atoms with Crippen LogP contribution in [-0.4, -0.2) is 44.9 Å². The third-order valence-electron chi connectivity index (χ3n) is 3.05. The monoisotopic (exact) mass is 313 g/mol. The minimum Gasteiger partial charge on any atom is -0.480 e. The van der Waals surface area contributed by atoms with E-state index in [-0.39, 0.29) is 22.3 Å². The molecule has 112 valence electrons. The number of aliphatic carboxylic acids is 1. The Morgan fingerprint density at radius 3 is 2.71 bits per heavy atom. The molecule has 8 nitrogen and oxygen atoms in total. The van der Waals surface area contributed by atoms with E-state index in [1.165, 1.54) is 0 Å². The molecule has 1 heterocycles. The van der Waals surface area contributed by atoms with E-state index in [9.17, 15) is 19.7 Å². The first-order chi connectivity index (χ1) is 9.88. The van der Waals surface area contributed by atoms with Crippen molar-refractivity contribution >= 4 is 29.2 Å². The van der Waals surface area contributed by atoms with E-state index in [4.69, 9.17) is 16.7 Å². The number of carboxylic acid groups (broad SMARTS) is 1. The highest BCUT2D eigenvalue weighted by Crippen LogP contribution is 2.30. The molecule has 0 bridgehead atoms. The van der Waals surface area contributed by atoms with Gasteiger partial charge in [-0.2, -0.15) is 0 Å². The first-order valence-electron chi connectivity index (χ1n) is 6.19. The van der Waals surface area contributed by atoms with Crippen LogP contribution in [0.15, 0.2) is 12.3 Å². The number of nitro groups is 1. The molecule has 1 aliphatic rings. The Labute approximate surface area is 124 Å². The molecule has 9 heteroatoms. The number of rotatable bonds is 6. The average molecular weight is 314 g/mol. The van der Waals surface area contributed by atoms with Gasteiger partial charge >= 0.3 is 5.97 Å². The van der Waals surface area contributed by atoms with Crippen LogP contribution in [0.1, 0.15) is 23.2 Å². The van der Waals surface area contributed by atoms with Gasteiger partial charge in [0.2, 0.25) is 0 Å². The van der Waals surface area contributed by atoms with Crippen molar-refractivity contribution in [3.8, 4) is 0 Å². The molecule has 1 saturated carbocycles. The molecule has 1 amide bonds. The Hall–Kier alpha value is -2.22. The summed E-state index contributed by atoms with van der Waals surface area (Å²) in [5.74, 6) is -1.54. The maximum Gasteiger partial charge on any atom is 0.323 e. The van der Waals surface area contributed by atoms with Gasteiger partial charge in [0.1, 0.15) is 17.9 Å². The third kappa shape index (κ3) is 3.88. The van der Waals surface area contributed by atoms with Crippen LogP contribution < -0.4 is 0 Å². The van der Waals surface area contributed by atoms with Gasteiger partial charge in [0, 0.05) is 12.6 Å². The molecular formula is C12H12ClN3O5. The second-order valence-electron chi connectivity index (χ2n) is 4.81. The van der Waals surface area contributed by atoms with Crippen molar-refractivity contribution in [3.05, 3.63) is 33.1 Å². The molecule has 0 radical (unpaired) electrons. The van der Waals surface area contributed by atoms with Crippen LogP contribution in [-0.2, 0) is 4.79 Å². The average Bonchev–Trinajstić information content (AvgIpc) is 3.21. The van der Waals surface area contributed by atoms with Crippen LogP contribution in [0.25, 0.3) is 0 Å². The number of nitrogens with zero attached hydrogens (tertiary/aromatic N) is 3. The normalized spacial score (nSPS) is 13.8. The van der Waals surface area contributed by atoms with E-state index in [0.717, 1.165) is 30.0 Å². The Balaban J connectivity index is 2.27. The molecule has 1 aromatic heterocycles. The molecule has 0 unspecified atom stereocenters. The molecule has 1 fully saturated rings. The summed E-state index contributed by atoms with van der Waals surface area (Å²) in [6.45, 7) is -0.182. The highest BCUT2D eigenvalue weighted by atomic mass is 35.5. The number of halogens is 1. The van der Waals surface area contributed by atoms with Crippen molar-refractivity contribution in [1.29, 1.82) is 0 Å². The molecule has 1 aromatic rings. The maximum atomic E-state index is 12.4. The molecular weight excluding hydrogens is 302 g/mol. The van der Waals surface area contributed by atoms with Crippen molar-refractivity contribution in [1.82, 2.24) is 9.88 Å². The van der Waals surface area contributed by atoms with Crippen LogP contribution in [0, 0.1) is 16.0 Å². The summed E-state index contributed by atoms with van der Waals surface area (Å²) in [6, 6.07) is 1.01. The molecule has 0 aliphatic heterocycles. The van der Waals surface area contributed by atoms with Crippen molar-refractivity contribution in [2.75, 3.05) is 13.1 Å². The summed E-state index contributed by atoms with van der Waals surface area (Å²) >= 11 is 5.80. The predicted molar refractivity (Wildman–Crippen MR) is 72.2 cm³/mol. The van der Waals surface area contributed by atoms with E-state index in [0.29, 0.717) is 6.54 Å². The first-order valence-corrected chi connectivity index (χ1v) is 6.57. The van der Waals surface area contributed by atoms with Crippen LogP contribution >= 0.6 is 11.6 Å². The lowest BCUT2D eigenvalue weighted by atomic mass is 10.2. The lowest BCUT2D eigenvalue weighted by Gasteiger charge is -2.20. The number of carboxylic acids is 1. The summed E-state index contributed by atoms with van der Waals surface area (Å²) < 4.78 is 0. The second-order valence-corrected chi connectivity index (χ2v) is 5.17. The van der Waals surface area contributed by atoms with E-state index >= 15 is 0 Å². The zero-order chi connectivity index (χ0) is 15.6. The lowest BCUT2D eigenvalue weighted by molar-refractivity contribution is -0.385. The molecule has 1 N–H and O–H groups in total. The summed E-state index contributed by atoms with van der Waals surface area (Å²) in [7, 11) is 0. The summed E-state index contributed by atoms with van der Waals surface area (Å²) in [5, 5.41) is 19.4. The van der Waals surface area contributed by atoms with Gasteiger partial charge in [0.05, 0.1) is 10.5 Å². The molecule has 0 spiro atoms. The van der Waals surface area contributed by atoms with E-state index in [1.54, 1.807) is 0 Å². The van der Waals surface area contributed by atoms with Gasteiger partial charge in [-0.05, 0) is 18.8 Å².